The van der Waals surface area contributed by atoms with Gasteiger partial charge in [0.15, 0.2) is 0 Å². The summed E-state index contributed by atoms with van der Waals surface area (Å²) in [6, 6.07) is 7.41. The van der Waals surface area contributed by atoms with Gasteiger partial charge >= 0.3 is 5.97 Å². The van der Waals surface area contributed by atoms with Crippen LogP contribution in [0.5, 0.6) is 5.75 Å². The van der Waals surface area contributed by atoms with Crippen molar-refractivity contribution in [1.82, 2.24) is 5.32 Å². The molecule has 0 bridgehead atoms. The summed E-state index contributed by atoms with van der Waals surface area (Å²) in [5, 5.41) is 12.3. The molecule has 0 aliphatic carbocycles. The van der Waals surface area contributed by atoms with Gasteiger partial charge in [0.2, 0.25) is 5.91 Å². The molecule has 138 valence electrons. The van der Waals surface area contributed by atoms with Crippen LogP contribution in [0.2, 0.25) is 0 Å². The number of carbonyl (C=O) groups is 2. The number of carboxylic acid groups (broad SMARTS) is 1. The van der Waals surface area contributed by atoms with Gasteiger partial charge in [-0.05, 0) is 36.5 Å². The lowest BCUT2D eigenvalue weighted by atomic mass is 9.80. The average molecular weight is 349 g/mol. The second-order valence-electron chi connectivity index (χ2n) is 7.00. The van der Waals surface area contributed by atoms with Gasteiger partial charge in [0.1, 0.15) is 5.75 Å². The molecule has 1 amide bonds. The molecule has 1 aromatic carbocycles. The minimum atomic E-state index is -0.914. The molecule has 0 radical (unpaired) electrons. The van der Waals surface area contributed by atoms with Crippen LogP contribution in [0.3, 0.4) is 0 Å². The third kappa shape index (κ3) is 5.74. The molecule has 1 saturated heterocycles. The summed E-state index contributed by atoms with van der Waals surface area (Å²) in [6.07, 6.45) is 1.06. The lowest BCUT2D eigenvalue weighted by molar-refractivity contribution is -0.154. The van der Waals surface area contributed by atoms with Crippen molar-refractivity contribution < 1.29 is 24.2 Å². The summed E-state index contributed by atoms with van der Waals surface area (Å²) in [5.41, 5.74) is -0.0478. The van der Waals surface area contributed by atoms with Crippen molar-refractivity contribution in [3.63, 3.8) is 0 Å². The van der Waals surface area contributed by atoms with Crippen LogP contribution in [0.15, 0.2) is 24.3 Å². The van der Waals surface area contributed by atoms with Gasteiger partial charge in [0.25, 0.3) is 0 Å². The Morgan fingerprint density at radius 2 is 1.88 bits per heavy atom. The molecule has 0 unspecified atom stereocenters. The highest BCUT2D eigenvalue weighted by atomic mass is 16.5. The first-order valence-electron chi connectivity index (χ1n) is 8.71. The standard InChI is InChI=1S/C19H27NO5/c1-14(2)12-25-16-5-3-15(4-6-16)11-17(21)20-13-19(18(22)23)7-9-24-10-8-19/h3-6,14H,7-13H2,1-2H3,(H,20,21)(H,22,23). The van der Waals surface area contributed by atoms with Gasteiger partial charge in [-0.25, -0.2) is 0 Å². The maximum absolute atomic E-state index is 12.2. The number of benzene rings is 1. The Morgan fingerprint density at radius 3 is 2.44 bits per heavy atom. The predicted octanol–water partition coefficient (Wildman–Crippen LogP) is 2.26. The maximum atomic E-state index is 12.2. The summed E-state index contributed by atoms with van der Waals surface area (Å²) >= 11 is 0. The van der Waals surface area contributed by atoms with Crippen LogP contribution in [0.25, 0.3) is 0 Å². The van der Waals surface area contributed by atoms with E-state index in [1.165, 1.54) is 0 Å². The van der Waals surface area contributed by atoms with Crippen LogP contribution in [-0.4, -0.2) is 43.3 Å². The van der Waals surface area contributed by atoms with Gasteiger partial charge < -0.3 is 19.9 Å². The smallest absolute Gasteiger partial charge is 0.311 e. The van der Waals surface area contributed by atoms with E-state index in [-0.39, 0.29) is 18.9 Å². The van der Waals surface area contributed by atoms with E-state index in [0.29, 0.717) is 38.6 Å². The van der Waals surface area contributed by atoms with Gasteiger partial charge in [0.05, 0.1) is 18.4 Å². The average Bonchev–Trinajstić information content (AvgIpc) is 2.60. The summed E-state index contributed by atoms with van der Waals surface area (Å²) in [7, 11) is 0. The Morgan fingerprint density at radius 1 is 1.24 bits per heavy atom. The highest BCUT2D eigenvalue weighted by Crippen LogP contribution is 2.30. The van der Waals surface area contributed by atoms with Crippen LogP contribution >= 0.6 is 0 Å². The van der Waals surface area contributed by atoms with E-state index in [1.54, 1.807) is 0 Å². The van der Waals surface area contributed by atoms with E-state index < -0.39 is 11.4 Å². The molecule has 1 heterocycles. The van der Waals surface area contributed by atoms with Crippen LogP contribution in [-0.2, 0) is 20.7 Å². The second-order valence-corrected chi connectivity index (χ2v) is 7.00. The molecule has 1 fully saturated rings. The van der Waals surface area contributed by atoms with E-state index in [0.717, 1.165) is 11.3 Å². The normalized spacial score (nSPS) is 16.4. The van der Waals surface area contributed by atoms with E-state index in [9.17, 15) is 14.7 Å². The maximum Gasteiger partial charge on any atom is 0.311 e. The summed E-state index contributed by atoms with van der Waals surface area (Å²) in [6.45, 7) is 5.79. The largest absolute Gasteiger partial charge is 0.493 e. The molecular weight excluding hydrogens is 322 g/mol. The minimum Gasteiger partial charge on any atom is -0.493 e. The fourth-order valence-corrected chi connectivity index (χ4v) is 2.71. The number of amides is 1. The Labute approximate surface area is 148 Å². The molecule has 2 N–H and O–H groups in total. The zero-order chi connectivity index (χ0) is 18.3. The van der Waals surface area contributed by atoms with Gasteiger partial charge in [0, 0.05) is 19.8 Å². The molecule has 0 saturated carbocycles. The fraction of sp³-hybridized carbons (Fsp3) is 0.579. The Bertz CT molecular complexity index is 576. The molecular formula is C19H27NO5. The first-order valence-corrected chi connectivity index (χ1v) is 8.71. The minimum absolute atomic E-state index is 0.139. The van der Waals surface area contributed by atoms with Crippen LogP contribution in [0.1, 0.15) is 32.3 Å². The molecule has 1 aromatic rings. The second kappa shape index (κ2) is 8.85. The number of hydrogen-bond acceptors (Lipinski definition) is 4. The Balaban J connectivity index is 1.84. The summed E-state index contributed by atoms with van der Waals surface area (Å²) in [4.78, 5) is 23.7. The van der Waals surface area contributed by atoms with E-state index in [4.69, 9.17) is 9.47 Å². The van der Waals surface area contributed by atoms with E-state index in [1.807, 2.05) is 24.3 Å². The highest BCUT2D eigenvalue weighted by Gasteiger charge is 2.40. The third-order valence-corrected chi connectivity index (χ3v) is 4.40. The van der Waals surface area contributed by atoms with Gasteiger partial charge in [-0.1, -0.05) is 26.0 Å². The lowest BCUT2D eigenvalue weighted by Gasteiger charge is -2.33. The van der Waals surface area contributed by atoms with Crippen molar-refractivity contribution in [3.05, 3.63) is 29.8 Å². The van der Waals surface area contributed by atoms with Gasteiger partial charge in [-0.3, -0.25) is 9.59 Å². The lowest BCUT2D eigenvalue weighted by Crippen LogP contribution is -2.46. The quantitative estimate of drug-likeness (QED) is 0.752. The zero-order valence-corrected chi connectivity index (χ0v) is 14.9. The van der Waals surface area contributed by atoms with Crippen molar-refractivity contribution in [2.24, 2.45) is 11.3 Å². The van der Waals surface area contributed by atoms with Crippen molar-refractivity contribution >= 4 is 11.9 Å². The van der Waals surface area contributed by atoms with E-state index in [2.05, 4.69) is 19.2 Å². The molecule has 0 atom stereocenters. The molecule has 6 nitrogen and oxygen atoms in total. The van der Waals surface area contributed by atoms with Crippen LogP contribution in [0.4, 0.5) is 0 Å². The topological polar surface area (TPSA) is 84.9 Å². The number of ether oxygens (including phenoxy) is 2. The van der Waals surface area contributed by atoms with Gasteiger partial charge in [-0.15, -0.1) is 0 Å². The van der Waals surface area contributed by atoms with Gasteiger partial charge in [-0.2, -0.15) is 0 Å². The highest BCUT2D eigenvalue weighted by molar-refractivity contribution is 5.80. The molecule has 2 rings (SSSR count). The number of rotatable bonds is 8. The third-order valence-electron chi connectivity index (χ3n) is 4.40. The van der Waals surface area contributed by atoms with Crippen molar-refractivity contribution in [2.75, 3.05) is 26.4 Å². The Kier molecular flexibility index (Phi) is 6.82. The molecule has 0 aromatic heterocycles. The number of aliphatic carboxylic acids is 1. The predicted molar refractivity (Wildman–Crippen MR) is 93.6 cm³/mol. The first kappa shape index (κ1) is 19.2. The molecule has 0 spiro atoms. The van der Waals surface area contributed by atoms with E-state index >= 15 is 0 Å². The van der Waals surface area contributed by atoms with Crippen molar-refractivity contribution in [2.45, 2.75) is 33.1 Å². The van der Waals surface area contributed by atoms with Crippen LogP contribution in [0, 0.1) is 11.3 Å². The number of carbonyl (C=O) groups excluding carboxylic acids is 1. The number of hydrogen-bond donors (Lipinski definition) is 2. The molecule has 6 heteroatoms. The zero-order valence-electron chi connectivity index (χ0n) is 14.9. The molecule has 25 heavy (non-hydrogen) atoms. The summed E-state index contributed by atoms with van der Waals surface area (Å²) < 4.78 is 10.9. The molecule has 1 aliphatic heterocycles. The molecule has 1 aliphatic rings. The number of nitrogens with one attached hydrogen (secondary N) is 1. The summed E-state index contributed by atoms with van der Waals surface area (Å²) in [5.74, 6) is 0.188. The van der Waals surface area contributed by atoms with Crippen LogP contribution < -0.4 is 10.1 Å². The SMILES string of the molecule is CC(C)COc1ccc(CC(=O)NCC2(C(=O)O)CCOCC2)cc1. The first-order chi connectivity index (χ1) is 11.9. The Hall–Kier alpha value is -2.08. The number of carboxylic acids is 1. The van der Waals surface area contributed by atoms with Crippen molar-refractivity contribution in [3.8, 4) is 5.75 Å². The monoisotopic (exact) mass is 349 g/mol. The fourth-order valence-electron chi connectivity index (χ4n) is 2.71. The van der Waals surface area contributed by atoms with Crippen molar-refractivity contribution in [1.29, 1.82) is 0 Å².